The van der Waals surface area contributed by atoms with Gasteiger partial charge in [-0.1, -0.05) is 0 Å². The molecule has 0 saturated carbocycles. The molecule has 1 unspecified atom stereocenters. The number of rotatable bonds is 7. The molecule has 1 saturated heterocycles. The fourth-order valence-electron chi connectivity index (χ4n) is 2.21. The van der Waals surface area contributed by atoms with Crippen LogP contribution in [0.25, 0.3) is 0 Å². The number of hydrogen-bond acceptors (Lipinski definition) is 3. The Kier molecular flexibility index (Phi) is 6.37. The molecule has 0 amide bonds. The average molecular weight is 279 g/mol. The number of imidazole rings is 1. The van der Waals surface area contributed by atoms with Gasteiger partial charge in [0.15, 0.2) is 5.96 Å². The number of guanidine groups is 1. The van der Waals surface area contributed by atoms with Crippen LogP contribution in [0, 0.1) is 0 Å². The van der Waals surface area contributed by atoms with Gasteiger partial charge in [0, 0.05) is 38.6 Å². The summed E-state index contributed by atoms with van der Waals surface area (Å²) in [6.45, 7) is 6.45. The van der Waals surface area contributed by atoms with E-state index < -0.39 is 0 Å². The molecule has 2 rings (SSSR count). The third-order valence-electron chi connectivity index (χ3n) is 3.27. The first-order valence-electron chi connectivity index (χ1n) is 7.48. The number of aromatic nitrogens is 2. The zero-order valence-corrected chi connectivity index (χ0v) is 12.2. The lowest BCUT2D eigenvalue weighted by molar-refractivity contribution is 0.117. The Balaban J connectivity index is 1.66. The topological polar surface area (TPSA) is 63.5 Å². The molecule has 2 N–H and O–H groups in total. The molecule has 1 aromatic rings. The minimum Gasteiger partial charge on any atom is -0.376 e. The lowest BCUT2D eigenvalue weighted by Gasteiger charge is -2.13. The van der Waals surface area contributed by atoms with Gasteiger partial charge in [-0.3, -0.25) is 4.99 Å². The van der Waals surface area contributed by atoms with E-state index >= 15 is 0 Å². The third-order valence-corrected chi connectivity index (χ3v) is 3.27. The molecule has 1 fully saturated rings. The summed E-state index contributed by atoms with van der Waals surface area (Å²) in [6.07, 6.45) is 9.27. The van der Waals surface area contributed by atoms with Crippen molar-refractivity contribution in [2.45, 2.75) is 38.8 Å². The van der Waals surface area contributed by atoms with Crippen molar-refractivity contribution in [3.63, 3.8) is 0 Å². The highest BCUT2D eigenvalue weighted by molar-refractivity contribution is 5.79. The molecule has 20 heavy (non-hydrogen) atoms. The van der Waals surface area contributed by atoms with Crippen molar-refractivity contribution >= 4 is 5.96 Å². The molecule has 6 heteroatoms. The van der Waals surface area contributed by atoms with Crippen LogP contribution in [-0.4, -0.2) is 47.9 Å². The van der Waals surface area contributed by atoms with E-state index in [1.165, 1.54) is 0 Å². The van der Waals surface area contributed by atoms with Crippen LogP contribution in [0.5, 0.6) is 0 Å². The van der Waals surface area contributed by atoms with Crippen molar-refractivity contribution < 1.29 is 4.74 Å². The van der Waals surface area contributed by atoms with Crippen LogP contribution in [-0.2, 0) is 11.3 Å². The summed E-state index contributed by atoms with van der Waals surface area (Å²) in [4.78, 5) is 8.61. The first-order valence-corrected chi connectivity index (χ1v) is 7.48. The van der Waals surface area contributed by atoms with Crippen LogP contribution in [0.15, 0.2) is 23.7 Å². The lowest BCUT2D eigenvalue weighted by atomic mass is 10.2. The number of aliphatic imine (C=N–C) groups is 1. The van der Waals surface area contributed by atoms with Crippen LogP contribution in [0.3, 0.4) is 0 Å². The highest BCUT2D eigenvalue weighted by Gasteiger charge is 2.14. The normalized spacial score (nSPS) is 19.2. The molecule has 2 heterocycles. The maximum Gasteiger partial charge on any atom is 0.191 e. The summed E-state index contributed by atoms with van der Waals surface area (Å²) in [7, 11) is 0. The maximum atomic E-state index is 5.58. The molecular formula is C14H25N5O. The highest BCUT2D eigenvalue weighted by Crippen LogP contribution is 2.11. The number of hydrogen-bond donors (Lipinski definition) is 2. The first kappa shape index (κ1) is 14.8. The van der Waals surface area contributed by atoms with Gasteiger partial charge in [-0.25, -0.2) is 4.98 Å². The van der Waals surface area contributed by atoms with Crippen molar-refractivity contribution in [1.82, 2.24) is 20.2 Å². The zero-order valence-electron chi connectivity index (χ0n) is 12.2. The number of aryl methyl sites for hydroxylation is 1. The molecule has 1 atom stereocenters. The summed E-state index contributed by atoms with van der Waals surface area (Å²) in [5, 5.41) is 6.62. The van der Waals surface area contributed by atoms with Crippen LogP contribution >= 0.6 is 0 Å². The van der Waals surface area contributed by atoms with E-state index in [2.05, 4.69) is 32.1 Å². The van der Waals surface area contributed by atoms with Crippen LogP contribution in [0.4, 0.5) is 0 Å². The largest absolute Gasteiger partial charge is 0.376 e. The van der Waals surface area contributed by atoms with Crippen molar-refractivity contribution in [2.24, 2.45) is 4.99 Å². The molecule has 0 aliphatic carbocycles. The fraction of sp³-hybridized carbons (Fsp3) is 0.714. The molecule has 0 bridgehead atoms. The number of nitrogens with zero attached hydrogens (tertiary/aromatic N) is 3. The smallest absolute Gasteiger partial charge is 0.191 e. The molecule has 1 aliphatic heterocycles. The predicted molar refractivity (Wildman–Crippen MR) is 79.8 cm³/mol. The van der Waals surface area contributed by atoms with Crippen LogP contribution in [0.1, 0.15) is 26.2 Å². The van der Waals surface area contributed by atoms with Crippen molar-refractivity contribution in [3.8, 4) is 0 Å². The van der Waals surface area contributed by atoms with Crippen molar-refractivity contribution in [2.75, 3.05) is 26.2 Å². The second-order valence-corrected chi connectivity index (χ2v) is 4.94. The average Bonchev–Trinajstić information content (AvgIpc) is 3.13. The quantitative estimate of drug-likeness (QED) is 0.444. The predicted octanol–water partition coefficient (Wildman–Crippen LogP) is 1.01. The SMILES string of the molecule is CCNC(=NCC1CCCO1)NCCCn1ccnc1. The van der Waals surface area contributed by atoms with Crippen LogP contribution < -0.4 is 10.6 Å². The van der Waals surface area contributed by atoms with Gasteiger partial charge in [0.05, 0.1) is 19.0 Å². The molecule has 1 aliphatic rings. The summed E-state index contributed by atoms with van der Waals surface area (Å²) in [5.41, 5.74) is 0. The summed E-state index contributed by atoms with van der Waals surface area (Å²) < 4.78 is 7.66. The molecule has 6 nitrogen and oxygen atoms in total. The zero-order chi connectivity index (χ0) is 14.0. The number of ether oxygens (including phenoxy) is 1. The Morgan fingerprint density at radius 1 is 1.50 bits per heavy atom. The summed E-state index contributed by atoms with van der Waals surface area (Å²) in [6, 6.07) is 0. The first-order chi connectivity index (χ1) is 9.88. The Hall–Kier alpha value is -1.56. The van der Waals surface area contributed by atoms with Gasteiger partial charge in [0.2, 0.25) is 0 Å². The van der Waals surface area contributed by atoms with Gasteiger partial charge in [0.1, 0.15) is 0 Å². The van der Waals surface area contributed by atoms with Gasteiger partial charge in [-0.2, -0.15) is 0 Å². The number of nitrogens with one attached hydrogen (secondary N) is 2. The second kappa shape index (κ2) is 8.58. The molecule has 0 spiro atoms. The maximum absolute atomic E-state index is 5.58. The van der Waals surface area contributed by atoms with E-state index in [4.69, 9.17) is 4.74 Å². The van der Waals surface area contributed by atoms with E-state index in [0.717, 1.165) is 58.0 Å². The van der Waals surface area contributed by atoms with E-state index in [9.17, 15) is 0 Å². The lowest BCUT2D eigenvalue weighted by Crippen LogP contribution is -2.38. The van der Waals surface area contributed by atoms with Crippen molar-refractivity contribution in [3.05, 3.63) is 18.7 Å². The summed E-state index contributed by atoms with van der Waals surface area (Å²) in [5.74, 6) is 0.883. The van der Waals surface area contributed by atoms with Crippen molar-refractivity contribution in [1.29, 1.82) is 0 Å². The second-order valence-electron chi connectivity index (χ2n) is 4.94. The van der Waals surface area contributed by atoms with E-state index in [0.29, 0.717) is 6.10 Å². The molecular weight excluding hydrogens is 254 g/mol. The monoisotopic (exact) mass is 279 g/mol. The van der Waals surface area contributed by atoms with E-state index in [-0.39, 0.29) is 0 Å². The van der Waals surface area contributed by atoms with E-state index in [1.807, 2.05) is 12.5 Å². The standard InChI is InChI=1S/C14H25N5O/c1-2-16-14(18-11-13-5-3-10-20-13)17-6-4-8-19-9-7-15-12-19/h7,9,12-13H,2-6,8,10-11H2,1H3,(H2,16,17,18). The Bertz CT molecular complexity index is 384. The van der Waals surface area contributed by atoms with Crippen LogP contribution in [0.2, 0.25) is 0 Å². The highest BCUT2D eigenvalue weighted by atomic mass is 16.5. The minimum atomic E-state index is 0.302. The van der Waals surface area contributed by atoms with Gasteiger partial charge < -0.3 is 19.9 Å². The van der Waals surface area contributed by atoms with Gasteiger partial charge in [0.25, 0.3) is 0 Å². The summed E-state index contributed by atoms with van der Waals surface area (Å²) >= 11 is 0. The minimum absolute atomic E-state index is 0.302. The van der Waals surface area contributed by atoms with Gasteiger partial charge >= 0.3 is 0 Å². The molecule has 0 aromatic carbocycles. The third kappa shape index (κ3) is 5.21. The Labute approximate surface area is 120 Å². The van der Waals surface area contributed by atoms with Gasteiger partial charge in [-0.05, 0) is 26.2 Å². The fourth-order valence-corrected chi connectivity index (χ4v) is 2.21. The molecule has 112 valence electrons. The molecule has 1 aromatic heterocycles. The Morgan fingerprint density at radius 2 is 2.45 bits per heavy atom. The molecule has 0 radical (unpaired) electrons. The van der Waals surface area contributed by atoms with E-state index in [1.54, 1.807) is 6.20 Å². The Morgan fingerprint density at radius 3 is 3.15 bits per heavy atom. The van der Waals surface area contributed by atoms with Gasteiger partial charge in [-0.15, -0.1) is 0 Å².